The maximum Gasteiger partial charge on any atom is 0.306 e. The number of likely N-dealkylation sites (tertiary alicyclic amines) is 1. The molecule has 1 aliphatic heterocycles. The number of hydrogen-bond acceptors (Lipinski definition) is 3. The van der Waals surface area contributed by atoms with Crippen molar-refractivity contribution in [2.75, 3.05) is 13.1 Å². The lowest BCUT2D eigenvalue weighted by Crippen LogP contribution is -2.49. The molecule has 0 radical (unpaired) electrons. The Morgan fingerprint density at radius 1 is 1.43 bits per heavy atom. The van der Waals surface area contributed by atoms with Crippen molar-refractivity contribution in [1.82, 2.24) is 4.90 Å². The van der Waals surface area contributed by atoms with Gasteiger partial charge in [0.1, 0.15) is 5.75 Å². The van der Waals surface area contributed by atoms with Gasteiger partial charge in [-0.2, -0.15) is 0 Å². The topological polar surface area (TPSA) is 66.8 Å². The molecule has 6 heteroatoms. The van der Waals surface area contributed by atoms with Crippen molar-refractivity contribution in [3.05, 3.63) is 28.8 Å². The largest absolute Gasteiger partial charge is 0.481 e. The van der Waals surface area contributed by atoms with Gasteiger partial charge in [0.2, 0.25) is 0 Å². The molecule has 3 atom stereocenters. The van der Waals surface area contributed by atoms with Crippen LogP contribution in [0.2, 0.25) is 5.02 Å². The van der Waals surface area contributed by atoms with Gasteiger partial charge in [-0.25, -0.2) is 0 Å². The number of piperidine rings is 1. The van der Waals surface area contributed by atoms with E-state index in [1.165, 1.54) is 0 Å². The predicted molar refractivity (Wildman–Crippen MR) is 87.8 cm³/mol. The summed E-state index contributed by atoms with van der Waals surface area (Å²) in [7, 11) is 0. The lowest BCUT2D eigenvalue weighted by atomic mass is 9.87. The van der Waals surface area contributed by atoms with Crippen LogP contribution in [-0.4, -0.2) is 41.1 Å². The van der Waals surface area contributed by atoms with E-state index in [0.29, 0.717) is 30.3 Å². The second-order valence-electron chi connectivity index (χ2n) is 6.17. The third-order valence-electron chi connectivity index (χ3n) is 4.32. The fourth-order valence-corrected chi connectivity index (χ4v) is 3.03. The number of hydrogen-bond donors (Lipinski definition) is 1. The normalized spacial score (nSPS) is 22.5. The first-order valence-electron chi connectivity index (χ1n) is 7.74. The smallest absolute Gasteiger partial charge is 0.306 e. The summed E-state index contributed by atoms with van der Waals surface area (Å²) in [5, 5.41) is 9.80. The van der Waals surface area contributed by atoms with E-state index >= 15 is 0 Å². The molecule has 2 rings (SSSR count). The van der Waals surface area contributed by atoms with Crippen LogP contribution in [0, 0.1) is 18.8 Å². The van der Waals surface area contributed by atoms with Crippen molar-refractivity contribution >= 4 is 23.5 Å². The van der Waals surface area contributed by atoms with E-state index in [9.17, 15) is 9.59 Å². The van der Waals surface area contributed by atoms with Crippen LogP contribution < -0.4 is 4.74 Å². The molecule has 0 saturated carbocycles. The molecule has 1 heterocycles. The highest BCUT2D eigenvalue weighted by atomic mass is 35.5. The summed E-state index contributed by atoms with van der Waals surface area (Å²) in [6.07, 6.45) is -0.140. The molecule has 1 fully saturated rings. The van der Waals surface area contributed by atoms with Gasteiger partial charge in [-0.3, -0.25) is 9.59 Å². The maximum absolute atomic E-state index is 12.5. The molecule has 1 aromatic rings. The Hall–Kier alpha value is -1.75. The Morgan fingerprint density at radius 3 is 2.70 bits per heavy atom. The molecular formula is C17H22ClNO4. The van der Waals surface area contributed by atoms with Crippen molar-refractivity contribution < 1.29 is 19.4 Å². The van der Waals surface area contributed by atoms with Crippen LogP contribution in [0.25, 0.3) is 0 Å². The number of carbonyl (C=O) groups excluding carboxylic acids is 1. The molecule has 3 unspecified atom stereocenters. The van der Waals surface area contributed by atoms with Gasteiger partial charge in [-0.05, 0) is 49.9 Å². The molecule has 0 spiro atoms. The zero-order chi connectivity index (χ0) is 17.1. The predicted octanol–water partition coefficient (Wildman–Crippen LogP) is 2.98. The fraction of sp³-hybridized carbons (Fsp3) is 0.529. The van der Waals surface area contributed by atoms with Gasteiger partial charge in [0.05, 0.1) is 5.92 Å². The van der Waals surface area contributed by atoms with Crippen LogP contribution in [0.5, 0.6) is 5.75 Å². The Bertz CT molecular complexity index is 604. The summed E-state index contributed by atoms with van der Waals surface area (Å²) in [6.45, 7) is 6.35. The quantitative estimate of drug-likeness (QED) is 0.915. The van der Waals surface area contributed by atoms with Crippen molar-refractivity contribution in [1.29, 1.82) is 0 Å². The molecule has 126 valence electrons. The molecule has 1 N–H and O–H groups in total. The molecular weight excluding hydrogens is 318 g/mol. The average Bonchev–Trinajstić information content (AvgIpc) is 2.49. The lowest BCUT2D eigenvalue weighted by molar-refractivity contribution is -0.150. The van der Waals surface area contributed by atoms with E-state index in [0.717, 1.165) is 5.56 Å². The number of nitrogens with zero attached hydrogens (tertiary/aromatic N) is 1. The molecule has 0 bridgehead atoms. The fourth-order valence-electron chi connectivity index (χ4n) is 2.91. The zero-order valence-electron chi connectivity index (χ0n) is 13.6. The van der Waals surface area contributed by atoms with Gasteiger partial charge in [0.15, 0.2) is 6.10 Å². The molecule has 1 saturated heterocycles. The molecule has 1 aliphatic rings. The Balaban J connectivity index is 1.97. The second-order valence-corrected chi connectivity index (χ2v) is 6.57. The molecule has 5 nitrogen and oxygen atoms in total. The third-order valence-corrected chi connectivity index (χ3v) is 4.75. The molecule has 0 aliphatic carbocycles. The number of carbonyl (C=O) groups is 2. The minimum atomic E-state index is -0.787. The highest BCUT2D eigenvalue weighted by Gasteiger charge is 2.34. The first-order chi connectivity index (χ1) is 10.8. The van der Waals surface area contributed by atoms with E-state index in [2.05, 4.69) is 0 Å². The van der Waals surface area contributed by atoms with Crippen LogP contribution in [0.3, 0.4) is 0 Å². The second kappa shape index (κ2) is 7.21. The number of ether oxygens (including phenoxy) is 1. The van der Waals surface area contributed by atoms with Gasteiger partial charge in [-0.1, -0.05) is 18.5 Å². The zero-order valence-corrected chi connectivity index (χ0v) is 14.3. The van der Waals surface area contributed by atoms with Crippen LogP contribution in [0.4, 0.5) is 0 Å². The standard InChI is InChI=1S/C17H22ClNO4/c1-10-8-13(4-5-15(10)18)23-12(3)16(20)19-7-6-14(17(21)22)11(2)9-19/h4-5,8,11-12,14H,6-7,9H2,1-3H3,(H,21,22). The summed E-state index contributed by atoms with van der Waals surface area (Å²) < 4.78 is 5.71. The number of aryl methyl sites for hydroxylation is 1. The summed E-state index contributed by atoms with van der Waals surface area (Å²) in [4.78, 5) is 25.3. The van der Waals surface area contributed by atoms with Crippen molar-refractivity contribution in [2.45, 2.75) is 33.3 Å². The van der Waals surface area contributed by atoms with E-state index in [4.69, 9.17) is 21.4 Å². The number of carboxylic acids is 1. The number of halogens is 1. The van der Waals surface area contributed by atoms with Crippen molar-refractivity contribution in [3.8, 4) is 5.75 Å². The molecule has 0 aromatic heterocycles. The van der Waals surface area contributed by atoms with Crippen LogP contribution in [-0.2, 0) is 9.59 Å². The Morgan fingerprint density at radius 2 is 2.13 bits per heavy atom. The van der Waals surface area contributed by atoms with Crippen molar-refractivity contribution in [3.63, 3.8) is 0 Å². The minimum Gasteiger partial charge on any atom is -0.481 e. The Labute approximate surface area is 141 Å². The summed E-state index contributed by atoms with van der Waals surface area (Å²) in [5.41, 5.74) is 0.889. The Kier molecular flexibility index (Phi) is 5.52. The van der Waals surface area contributed by atoms with E-state index < -0.39 is 12.1 Å². The highest BCUT2D eigenvalue weighted by molar-refractivity contribution is 6.31. The maximum atomic E-state index is 12.5. The van der Waals surface area contributed by atoms with Gasteiger partial charge in [-0.15, -0.1) is 0 Å². The first-order valence-corrected chi connectivity index (χ1v) is 8.11. The van der Waals surface area contributed by atoms with Crippen LogP contribution in [0.15, 0.2) is 18.2 Å². The number of benzene rings is 1. The van der Waals surface area contributed by atoms with E-state index in [1.54, 1.807) is 30.0 Å². The molecule has 23 heavy (non-hydrogen) atoms. The van der Waals surface area contributed by atoms with Gasteiger partial charge < -0.3 is 14.7 Å². The monoisotopic (exact) mass is 339 g/mol. The van der Waals surface area contributed by atoms with Crippen LogP contribution >= 0.6 is 11.6 Å². The molecule has 1 aromatic carbocycles. The third kappa shape index (κ3) is 4.16. The van der Waals surface area contributed by atoms with Crippen molar-refractivity contribution in [2.24, 2.45) is 11.8 Å². The van der Waals surface area contributed by atoms with Gasteiger partial charge in [0, 0.05) is 18.1 Å². The van der Waals surface area contributed by atoms with Gasteiger partial charge >= 0.3 is 5.97 Å². The first kappa shape index (κ1) is 17.6. The van der Waals surface area contributed by atoms with Crippen LogP contribution in [0.1, 0.15) is 25.8 Å². The number of rotatable bonds is 4. The summed E-state index contributed by atoms with van der Waals surface area (Å²) in [6, 6.07) is 5.27. The molecule has 1 amide bonds. The SMILES string of the molecule is Cc1cc(OC(C)C(=O)N2CCC(C(=O)O)C(C)C2)ccc1Cl. The summed E-state index contributed by atoms with van der Waals surface area (Å²) >= 11 is 5.98. The number of carboxylic acid groups (broad SMARTS) is 1. The summed E-state index contributed by atoms with van der Waals surface area (Å²) in [5.74, 6) is -0.746. The number of amides is 1. The van der Waals surface area contributed by atoms with Gasteiger partial charge in [0.25, 0.3) is 5.91 Å². The number of aliphatic carboxylic acids is 1. The average molecular weight is 340 g/mol. The van der Waals surface area contributed by atoms with E-state index in [1.807, 2.05) is 13.8 Å². The lowest BCUT2D eigenvalue weighted by Gasteiger charge is -2.36. The highest BCUT2D eigenvalue weighted by Crippen LogP contribution is 2.25. The van der Waals surface area contributed by atoms with E-state index in [-0.39, 0.29) is 17.7 Å². The minimum absolute atomic E-state index is 0.0600.